The van der Waals surface area contributed by atoms with Gasteiger partial charge in [-0.15, -0.1) is 0 Å². The second kappa shape index (κ2) is 8.02. The summed E-state index contributed by atoms with van der Waals surface area (Å²) in [6.45, 7) is 1.76. The smallest absolute Gasteiger partial charge is 0.418 e. The molecule has 3 aromatic carbocycles. The summed E-state index contributed by atoms with van der Waals surface area (Å²) in [6.07, 6.45) is -4.91. The largest absolute Gasteiger partial charge is 0.480 e. The Morgan fingerprint density at radius 1 is 1.06 bits per heavy atom. The summed E-state index contributed by atoms with van der Waals surface area (Å²) in [7, 11) is -4.67. The number of aryl methyl sites for hydroxylation is 1. The summed E-state index contributed by atoms with van der Waals surface area (Å²) in [4.78, 5) is 12.4. The van der Waals surface area contributed by atoms with Crippen molar-refractivity contribution in [2.45, 2.75) is 30.0 Å². The summed E-state index contributed by atoms with van der Waals surface area (Å²) >= 11 is 0.969. The van der Waals surface area contributed by atoms with Crippen molar-refractivity contribution < 1.29 is 31.5 Å². The standard InChI is InChI=1S/C23H16F3N3O4S2/c1-12-10-13(11-16-20(12)28-34-27-16)19-14-6-2-5-9-18(14)35(32,33)29(21(19)22(30)31)17-8-4-3-7-15(17)23(24,25)26/h2-11,19,21H,1H3,(H,30,31). The number of hydrogen-bond donors (Lipinski definition) is 1. The highest BCUT2D eigenvalue weighted by molar-refractivity contribution is 7.93. The maximum absolute atomic E-state index is 13.9. The number of alkyl halides is 3. The van der Waals surface area contributed by atoms with Crippen LogP contribution in [0.2, 0.25) is 0 Å². The van der Waals surface area contributed by atoms with E-state index in [-0.39, 0.29) is 10.5 Å². The van der Waals surface area contributed by atoms with E-state index in [1.807, 2.05) is 0 Å². The maximum atomic E-state index is 13.9. The number of para-hydroxylation sites is 1. The van der Waals surface area contributed by atoms with Crippen LogP contribution >= 0.6 is 11.7 Å². The van der Waals surface area contributed by atoms with Crippen LogP contribution < -0.4 is 4.31 Å². The number of rotatable bonds is 3. The van der Waals surface area contributed by atoms with Crippen molar-refractivity contribution >= 4 is 44.4 Å². The highest BCUT2D eigenvalue weighted by Gasteiger charge is 2.51. The van der Waals surface area contributed by atoms with Crippen LogP contribution in [0.5, 0.6) is 0 Å². The summed E-state index contributed by atoms with van der Waals surface area (Å²) in [5.74, 6) is -2.70. The Kier molecular flexibility index (Phi) is 5.33. The topological polar surface area (TPSA) is 100 Å². The van der Waals surface area contributed by atoms with Gasteiger partial charge in [0.15, 0.2) is 6.04 Å². The first-order valence-electron chi connectivity index (χ1n) is 10.3. The van der Waals surface area contributed by atoms with Crippen molar-refractivity contribution in [2.75, 3.05) is 4.31 Å². The van der Waals surface area contributed by atoms with Gasteiger partial charge < -0.3 is 5.11 Å². The lowest BCUT2D eigenvalue weighted by Crippen LogP contribution is -2.53. The Morgan fingerprint density at radius 2 is 1.74 bits per heavy atom. The predicted molar refractivity (Wildman–Crippen MR) is 123 cm³/mol. The Hall–Kier alpha value is -3.51. The number of sulfonamides is 1. The first kappa shape index (κ1) is 23.2. The Labute approximate surface area is 201 Å². The molecular weight excluding hydrogens is 503 g/mol. The molecule has 0 spiro atoms. The molecule has 2 heterocycles. The van der Waals surface area contributed by atoms with Crippen molar-refractivity contribution in [1.82, 2.24) is 8.75 Å². The van der Waals surface area contributed by atoms with Gasteiger partial charge in [-0.3, -0.25) is 4.31 Å². The maximum Gasteiger partial charge on any atom is 0.418 e. The number of hydrogen-bond acceptors (Lipinski definition) is 6. The van der Waals surface area contributed by atoms with Crippen LogP contribution in [-0.4, -0.2) is 34.3 Å². The highest BCUT2D eigenvalue weighted by atomic mass is 32.2. The fourth-order valence-electron chi connectivity index (χ4n) is 4.58. The average molecular weight is 520 g/mol. The van der Waals surface area contributed by atoms with E-state index in [1.165, 1.54) is 24.3 Å². The van der Waals surface area contributed by atoms with Crippen LogP contribution in [-0.2, 0) is 21.0 Å². The number of aliphatic carboxylic acids is 1. The molecule has 1 aromatic heterocycles. The van der Waals surface area contributed by atoms with Crippen molar-refractivity contribution in [2.24, 2.45) is 0 Å². The zero-order valence-electron chi connectivity index (χ0n) is 17.9. The van der Waals surface area contributed by atoms with Crippen molar-refractivity contribution in [3.05, 3.63) is 82.9 Å². The second-order valence-corrected chi connectivity index (χ2v) is 10.4. The summed E-state index contributed by atoms with van der Waals surface area (Å²) in [5, 5.41) is 10.3. The van der Waals surface area contributed by atoms with Gasteiger partial charge in [-0.2, -0.15) is 21.9 Å². The zero-order chi connectivity index (χ0) is 25.1. The number of benzene rings is 3. The quantitative estimate of drug-likeness (QED) is 0.417. The normalized spacial score (nSPS) is 19.5. The van der Waals surface area contributed by atoms with Gasteiger partial charge in [0.25, 0.3) is 10.0 Å². The van der Waals surface area contributed by atoms with E-state index in [0.717, 1.165) is 29.9 Å². The SMILES string of the molecule is Cc1cc(C2c3ccccc3S(=O)(=O)N(c3ccccc3C(F)(F)F)C2C(=O)O)cc2nsnc12. The summed E-state index contributed by atoms with van der Waals surface area (Å²) < 4.78 is 77.9. The number of carbonyl (C=O) groups is 1. The number of fused-ring (bicyclic) bond motifs is 2. The van der Waals surface area contributed by atoms with Gasteiger partial charge in [-0.1, -0.05) is 36.4 Å². The van der Waals surface area contributed by atoms with Gasteiger partial charge in [0, 0.05) is 5.92 Å². The molecule has 0 saturated carbocycles. The van der Waals surface area contributed by atoms with Crippen LogP contribution in [0.25, 0.3) is 11.0 Å². The molecule has 7 nitrogen and oxygen atoms in total. The summed E-state index contributed by atoms with van der Waals surface area (Å²) in [6, 6.07) is 11.2. The molecule has 180 valence electrons. The number of carboxylic acids is 1. The minimum Gasteiger partial charge on any atom is -0.480 e. The Bertz CT molecular complexity index is 1580. The predicted octanol–water partition coefficient (Wildman–Crippen LogP) is 4.81. The van der Waals surface area contributed by atoms with Crippen molar-refractivity contribution in [3.8, 4) is 0 Å². The van der Waals surface area contributed by atoms with Gasteiger partial charge in [0.05, 0.1) is 27.9 Å². The highest BCUT2D eigenvalue weighted by Crippen LogP contribution is 2.47. The minimum atomic E-state index is -4.91. The molecule has 0 amide bonds. The number of carboxylic acid groups (broad SMARTS) is 1. The van der Waals surface area contributed by atoms with Gasteiger partial charge >= 0.3 is 12.1 Å². The van der Waals surface area contributed by atoms with Crippen LogP contribution in [0.15, 0.2) is 65.6 Å². The van der Waals surface area contributed by atoms with Gasteiger partial charge in [0.1, 0.15) is 11.0 Å². The minimum absolute atomic E-state index is 0.183. The van der Waals surface area contributed by atoms with E-state index in [4.69, 9.17) is 0 Å². The van der Waals surface area contributed by atoms with E-state index in [0.29, 0.717) is 26.5 Å². The molecule has 0 bridgehead atoms. The molecule has 0 saturated heterocycles. The fourth-order valence-corrected chi connectivity index (χ4v) is 7.06. The van der Waals surface area contributed by atoms with Gasteiger partial charge in [-0.25, -0.2) is 13.2 Å². The third-order valence-corrected chi connectivity index (χ3v) is 8.40. The number of nitrogens with zero attached hydrogens (tertiary/aromatic N) is 3. The van der Waals surface area contributed by atoms with E-state index >= 15 is 0 Å². The van der Waals surface area contributed by atoms with Crippen molar-refractivity contribution in [3.63, 3.8) is 0 Å². The second-order valence-electron chi connectivity index (χ2n) is 8.08. The molecule has 2 unspecified atom stereocenters. The van der Waals surface area contributed by atoms with Crippen LogP contribution in [0, 0.1) is 6.92 Å². The monoisotopic (exact) mass is 519 g/mol. The summed E-state index contributed by atoms with van der Waals surface area (Å²) in [5.41, 5.74) is 0.380. The molecule has 0 aliphatic carbocycles. The van der Waals surface area contributed by atoms with Crippen LogP contribution in [0.4, 0.5) is 18.9 Å². The number of halogens is 3. The molecule has 12 heteroatoms. The van der Waals surface area contributed by atoms with E-state index in [1.54, 1.807) is 25.1 Å². The average Bonchev–Trinajstić information content (AvgIpc) is 3.27. The Balaban J connectivity index is 1.86. The molecular formula is C23H16F3N3O4S2. The molecule has 1 aliphatic heterocycles. The van der Waals surface area contributed by atoms with Gasteiger partial charge in [0.2, 0.25) is 0 Å². The Morgan fingerprint density at radius 3 is 2.46 bits per heavy atom. The first-order valence-corrected chi connectivity index (χ1v) is 12.4. The number of anilines is 1. The molecule has 2 atom stereocenters. The van der Waals surface area contributed by atoms with Crippen LogP contribution in [0.1, 0.15) is 28.2 Å². The lowest BCUT2D eigenvalue weighted by molar-refractivity contribution is -0.140. The van der Waals surface area contributed by atoms with Gasteiger partial charge in [-0.05, 0) is 47.9 Å². The molecule has 35 heavy (non-hydrogen) atoms. The van der Waals surface area contributed by atoms with E-state index < -0.39 is 45.4 Å². The third kappa shape index (κ3) is 3.64. The first-order chi connectivity index (χ1) is 16.5. The molecule has 4 aromatic rings. The van der Waals surface area contributed by atoms with Crippen molar-refractivity contribution in [1.29, 1.82) is 0 Å². The molecule has 5 rings (SSSR count). The third-order valence-electron chi connectivity index (χ3n) is 5.99. The molecule has 0 fully saturated rings. The molecule has 1 N–H and O–H groups in total. The zero-order valence-corrected chi connectivity index (χ0v) is 19.5. The lowest BCUT2D eigenvalue weighted by Gasteiger charge is -2.41. The molecule has 0 radical (unpaired) electrons. The van der Waals surface area contributed by atoms with Crippen LogP contribution in [0.3, 0.4) is 0 Å². The van der Waals surface area contributed by atoms with E-state index in [2.05, 4.69) is 8.75 Å². The van der Waals surface area contributed by atoms with E-state index in [9.17, 15) is 31.5 Å². The lowest BCUT2D eigenvalue weighted by atomic mass is 9.83. The number of aromatic nitrogens is 2. The fraction of sp³-hybridized carbons (Fsp3) is 0.174. The molecule has 1 aliphatic rings.